The molecule has 0 N–H and O–H groups in total. The van der Waals surface area contributed by atoms with E-state index in [2.05, 4.69) is 24.8 Å². The van der Waals surface area contributed by atoms with Crippen LogP contribution in [0.15, 0.2) is 72.8 Å². The molecule has 0 radical (unpaired) electrons. The van der Waals surface area contributed by atoms with Crippen LogP contribution in [0.25, 0.3) is 0 Å². The van der Waals surface area contributed by atoms with Crippen molar-refractivity contribution in [2.75, 3.05) is 31.1 Å². The van der Waals surface area contributed by atoms with Crippen LogP contribution in [0.3, 0.4) is 0 Å². The fraction of sp³-hybridized carbons (Fsp3) is 0.355. The van der Waals surface area contributed by atoms with Crippen molar-refractivity contribution >= 4 is 29.1 Å². The van der Waals surface area contributed by atoms with Crippen LogP contribution in [0, 0.1) is 0 Å². The van der Waals surface area contributed by atoms with Crippen LogP contribution in [0.2, 0.25) is 5.02 Å². The lowest BCUT2D eigenvalue weighted by atomic mass is 9.92. The average molecular weight is 514 g/mol. The number of para-hydroxylation sites is 1. The van der Waals surface area contributed by atoms with Gasteiger partial charge in [0.15, 0.2) is 0 Å². The van der Waals surface area contributed by atoms with Gasteiger partial charge in [-0.3, -0.25) is 14.5 Å². The zero-order valence-electron chi connectivity index (χ0n) is 21.4. The first-order valence-corrected chi connectivity index (χ1v) is 13.6. The third-order valence-corrected chi connectivity index (χ3v) is 8.63. The Hall–Kier alpha value is -3.15. The number of halogens is 1. The third kappa shape index (κ3) is 4.14. The van der Waals surface area contributed by atoms with Crippen LogP contribution in [0.1, 0.15) is 53.2 Å². The van der Waals surface area contributed by atoms with E-state index in [1.165, 1.54) is 0 Å². The minimum absolute atomic E-state index is 0.0693. The molecule has 3 aromatic rings. The largest absolute Gasteiger partial charge is 0.336 e. The summed E-state index contributed by atoms with van der Waals surface area (Å²) in [5.41, 5.74) is 4.39. The van der Waals surface area contributed by atoms with Gasteiger partial charge in [0.2, 0.25) is 5.91 Å². The second-order valence-corrected chi connectivity index (χ2v) is 11.2. The summed E-state index contributed by atoms with van der Waals surface area (Å²) in [5, 5.41) is 0.703. The molecule has 1 aliphatic carbocycles. The van der Waals surface area contributed by atoms with Crippen molar-refractivity contribution < 1.29 is 9.59 Å². The van der Waals surface area contributed by atoms with Crippen molar-refractivity contribution in [1.29, 1.82) is 0 Å². The molecule has 3 aliphatic rings. The topological polar surface area (TPSA) is 43.9 Å². The number of piperazine rings is 1. The number of fused-ring (bicyclic) bond motifs is 2. The van der Waals surface area contributed by atoms with Crippen LogP contribution in [-0.4, -0.2) is 53.8 Å². The van der Waals surface area contributed by atoms with Crippen LogP contribution >= 0.6 is 11.6 Å². The quantitative estimate of drug-likeness (QED) is 0.454. The average Bonchev–Trinajstić information content (AvgIpc) is 3.63. The molecule has 6 rings (SSSR count). The van der Waals surface area contributed by atoms with Gasteiger partial charge in [0, 0.05) is 54.4 Å². The van der Waals surface area contributed by atoms with E-state index in [4.69, 9.17) is 11.6 Å². The van der Waals surface area contributed by atoms with Crippen molar-refractivity contribution in [2.45, 2.75) is 44.2 Å². The van der Waals surface area contributed by atoms with Gasteiger partial charge < -0.3 is 9.80 Å². The minimum atomic E-state index is -0.506. The van der Waals surface area contributed by atoms with Crippen LogP contribution < -0.4 is 4.90 Å². The second-order valence-electron chi connectivity index (χ2n) is 10.8. The number of carbonyl (C=O) groups excluding carboxylic acids is 2. The molecule has 2 atom stereocenters. The predicted molar refractivity (Wildman–Crippen MR) is 147 cm³/mol. The molecule has 2 amide bonds. The molecule has 0 bridgehead atoms. The second kappa shape index (κ2) is 9.30. The van der Waals surface area contributed by atoms with Crippen molar-refractivity contribution in [3.8, 4) is 0 Å². The summed E-state index contributed by atoms with van der Waals surface area (Å²) in [4.78, 5) is 33.5. The highest BCUT2D eigenvalue weighted by Crippen LogP contribution is 2.66. The lowest BCUT2D eigenvalue weighted by molar-refractivity contribution is -0.120. The van der Waals surface area contributed by atoms with Gasteiger partial charge in [-0.1, -0.05) is 54.1 Å². The number of hydrogen-bond acceptors (Lipinski definition) is 3. The Bertz CT molecular complexity index is 1350. The zero-order chi connectivity index (χ0) is 25.7. The fourth-order valence-corrected chi connectivity index (χ4v) is 6.34. The van der Waals surface area contributed by atoms with Gasteiger partial charge in [0.1, 0.15) is 0 Å². The molecule has 190 valence electrons. The van der Waals surface area contributed by atoms with Crippen molar-refractivity contribution in [1.82, 2.24) is 9.80 Å². The maximum absolute atomic E-state index is 14.0. The summed E-state index contributed by atoms with van der Waals surface area (Å²) in [6.07, 6.45) is 0.807. The zero-order valence-corrected chi connectivity index (χ0v) is 22.1. The molecule has 1 saturated heterocycles. The Balaban J connectivity index is 1.22. The Labute approximate surface area is 223 Å². The van der Waals surface area contributed by atoms with Gasteiger partial charge in [0.05, 0.1) is 12.0 Å². The van der Waals surface area contributed by atoms with Gasteiger partial charge in [-0.05, 0) is 67.3 Å². The first-order valence-electron chi connectivity index (χ1n) is 13.2. The Morgan fingerprint density at radius 1 is 0.973 bits per heavy atom. The molecule has 0 unspecified atom stereocenters. The number of carbonyl (C=O) groups is 2. The van der Waals surface area contributed by atoms with E-state index in [9.17, 15) is 9.59 Å². The lowest BCUT2D eigenvalue weighted by Crippen LogP contribution is -2.50. The fourth-order valence-electron chi connectivity index (χ4n) is 6.21. The maximum Gasteiger partial charge on any atom is 0.253 e. The molecule has 2 fully saturated rings. The molecule has 2 heterocycles. The summed E-state index contributed by atoms with van der Waals surface area (Å²) in [5.74, 6) is 0.371. The van der Waals surface area contributed by atoms with E-state index in [0.29, 0.717) is 23.2 Å². The summed E-state index contributed by atoms with van der Waals surface area (Å²) >= 11 is 6.11. The molecule has 6 heteroatoms. The highest BCUT2D eigenvalue weighted by atomic mass is 35.5. The van der Waals surface area contributed by atoms with Gasteiger partial charge in [0.25, 0.3) is 5.91 Å². The number of nitrogens with zero attached hydrogens (tertiary/aromatic N) is 3. The van der Waals surface area contributed by atoms with Gasteiger partial charge >= 0.3 is 0 Å². The van der Waals surface area contributed by atoms with E-state index < -0.39 is 5.41 Å². The predicted octanol–water partition coefficient (Wildman–Crippen LogP) is 5.48. The molecule has 1 saturated carbocycles. The Kier molecular flexibility index (Phi) is 6.09. The maximum atomic E-state index is 14.0. The van der Waals surface area contributed by atoms with Crippen molar-refractivity contribution in [3.63, 3.8) is 0 Å². The van der Waals surface area contributed by atoms with E-state index in [1.54, 1.807) is 0 Å². The van der Waals surface area contributed by atoms with Crippen molar-refractivity contribution in [2.24, 2.45) is 0 Å². The van der Waals surface area contributed by atoms with Gasteiger partial charge in [-0.25, -0.2) is 0 Å². The summed E-state index contributed by atoms with van der Waals surface area (Å²) in [7, 11) is 0. The van der Waals surface area contributed by atoms with E-state index in [0.717, 1.165) is 55.0 Å². The van der Waals surface area contributed by atoms with Crippen molar-refractivity contribution in [3.05, 3.63) is 100 Å². The van der Waals surface area contributed by atoms with Crippen LogP contribution in [-0.2, 0) is 16.8 Å². The highest BCUT2D eigenvalue weighted by Gasteiger charge is 2.67. The Morgan fingerprint density at radius 3 is 2.43 bits per heavy atom. The molecule has 3 aromatic carbocycles. The number of anilines is 1. The van der Waals surface area contributed by atoms with Gasteiger partial charge in [-0.2, -0.15) is 0 Å². The first-order chi connectivity index (χ1) is 17.9. The van der Waals surface area contributed by atoms with Crippen LogP contribution in [0.4, 0.5) is 5.69 Å². The number of rotatable bonds is 5. The Morgan fingerprint density at radius 2 is 1.70 bits per heavy atom. The molecule has 0 aromatic heterocycles. The first kappa shape index (κ1) is 24.2. The van der Waals surface area contributed by atoms with Gasteiger partial charge in [-0.15, -0.1) is 0 Å². The standard InChI is InChI=1S/C31H32ClN3O2/c1-21(2)33-14-16-34(17-15-33)29(36)24-7-5-6-22(18-24)20-35-28-9-4-3-8-26(28)31(30(35)37)19-27(31)23-10-12-25(32)13-11-23/h3-13,18,21,27H,14-17,19-20H2,1-2H3/t27-,31-/m1/s1. The molecule has 1 spiro atoms. The van der Waals surface area contributed by atoms with E-state index in [-0.39, 0.29) is 17.7 Å². The number of hydrogen-bond donors (Lipinski definition) is 0. The summed E-state index contributed by atoms with van der Waals surface area (Å²) < 4.78 is 0. The van der Waals surface area contributed by atoms with Crippen LogP contribution in [0.5, 0.6) is 0 Å². The summed E-state index contributed by atoms with van der Waals surface area (Å²) in [6, 6.07) is 24.3. The summed E-state index contributed by atoms with van der Waals surface area (Å²) in [6.45, 7) is 8.14. The molecule has 5 nitrogen and oxygen atoms in total. The minimum Gasteiger partial charge on any atom is -0.336 e. The van der Waals surface area contributed by atoms with E-state index in [1.807, 2.05) is 76.5 Å². The molecular weight excluding hydrogens is 482 g/mol. The number of benzene rings is 3. The SMILES string of the molecule is CC(C)N1CCN(C(=O)c2cccc(CN3C(=O)[C@]4(C[C@@H]4c4ccc(Cl)cc4)c4ccccc43)c2)CC1. The lowest BCUT2D eigenvalue weighted by Gasteiger charge is -2.37. The third-order valence-electron chi connectivity index (χ3n) is 8.38. The molecular formula is C31H32ClN3O2. The van der Waals surface area contributed by atoms with E-state index >= 15 is 0 Å². The highest BCUT2D eigenvalue weighted by molar-refractivity contribution is 6.30. The molecule has 2 aliphatic heterocycles. The normalized spacial score (nSPS) is 23.1. The molecule has 37 heavy (non-hydrogen) atoms. The monoisotopic (exact) mass is 513 g/mol. The number of amides is 2. The smallest absolute Gasteiger partial charge is 0.253 e.